The van der Waals surface area contributed by atoms with E-state index < -0.39 is 5.69 Å². The van der Waals surface area contributed by atoms with Crippen LogP contribution in [0.4, 0.5) is 5.69 Å². The topological polar surface area (TPSA) is 69.2 Å². The summed E-state index contributed by atoms with van der Waals surface area (Å²) in [5, 5.41) is 0. The molecule has 0 atom stereocenters. The molecule has 1 amide bonds. The van der Waals surface area contributed by atoms with Gasteiger partial charge in [-0.25, -0.2) is 9.36 Å². The van der Waals surface area contributed by atoms with Crippen molar-refractivity contribution in [1.29, 1.82) is 0 Å². The summed E-state index contributed by atoms with van der Waals surface area (Å²) in [4.78, 5) is 42.0. The molecule has 3 heterocycles. The first-order chi connectivity index (χ1) is 15.4. The second-order valence-corrected chi connectivity index (χ2v) is 8.35. The zero-order valence-electron chi connectivity index (χ0n) is 18.3. The minimum atomic E-state index is -0.516. The van der Waals surface area contributed by atoms with E-state index in [0.717, 1.165) is 33.5 Å². The largest absolute Gasteiger partial charge is 0.342 e. The van der Waals surface area contributed by atoms with E-state index in [1.165, 1.54) is 4.57 Å². The van der Waals surface area contributed by atoms with Crippen LogP contribution in [0.1, 0.15) is 16.8 Å². The van der Waals surface area contributed by atoms with E-state index in [2.05, 4.69) is 0 Å². The summed E-state index contributed by atoms with van der Waals surface area (Å²) in [7, 11) is 1.80. The molecule has 2 aromatic heterocycles. The summed E-state index contributed by atoms with van der Waals surface area (Å²) in [6.45, 7) is 4.27. The van der Waals surface area contributed by atoms with Gasteiger partial charge in [-0.1, -0.05) is 35.9 Å². The van der Waals surface area contributed by atoms with Crippen molar-refractivity contribution < 1.29 is 4.79 Å². The van der Waals surface area contributed by atoms with Gasteiger partial charge in [-0.15, -0.1) is 0 Å². The number of fused-ring (bicyclic) bond motifs is 2. The molecule has 0 aliphatic carbocycles. The van der Waals surface area contributed by atoms with Crippen LogP contribution in [0.2, 0.25) is 0 Å². The number of aromatic nitrogens is 3. The highest BCUT2D eigenvalue weighted by molar-refractivity contribution is 5.96. The monoisotopic (exact) mass is 428 g/mol. The first kappa shape index (κ1) is 20.1. The lowest BCUT2D eigenvalue weighted by molar-refractivity contribution is -0.119. The lowest BCUT2D eigenvalue weighted by Gasteiger charge is -2.19. The molecule has 1 aliphatic rings. The van der Waals surface area contributed by atoms with Gasteiger partial charge in [-0.2, -0.15) is 0 Å². The second kappa shape index (κ2) is 7.37. The van der Waals surface area contributed by atoms with Gasteiger partial charge in [0.15, 0.2) is 0 Å². The molecule has 7 nitrogen and oxygen atoms in total. The zero-order valence-corrected chi connectivity index (χ0v) is 18.3. The smallest absolute Gasteiger partial charge is 0.336 e. The molecule has 4 aromatic rings. The van der Waals surface area contributed by atoms with E-state index in [0.29, 0.717) is 23.3 Å². The van der Waals surface area contributed by atoms with Crippen molar-refractivity contribution in [2.24, 2.45) is 7.05 Å². The number of hydrogen-bond acceptors (Lipinski definition) is 3. The van der Waals surface area contributed by atoms with Crippen LogP contribution >= 0.6 is 0 Å². The minimum absolute atomic E-state index is 0.140. The van der Waals surface area contributed by atoms with Crippen LogP contribution in [-0.2, 0) is 24.8 Å². The van der Waals surface area contributed by atoms with E-state index >= 15 is 0 Å². The number of para-hydroxylation sites is 1. The fourth-order valence-electron chi connectivity index (χ4n) is 4.48. The molecular weight excluding hydrogens is 404 g/mol. The Morgan fingerprint density at radius 2 is 1.72 bits per heavy atom. The fraction of sp³-hybridized carbons (Fsp3) is 0.240. The molecule has 0 unspecified atom stereocenters. The molecular formula is C25H24N4O3. The molecule has 2 aromatic carbocycles. The maximum Gasteiger partial charge on any atom is 0.336 e. The highest BCUT2D eigenvalue weighted by atomic mass is 16.2. The molecule has 0 saturated heterocycles. The van der Waals surface area contributed by atoms with E-state index in [4.69, 9.17) is 0 Å². The predicted molar refractivity (Wildman–Crippen MR) is 125 cm³/mol. The molecule has 0 fully saturated rings. The molecule has 162 valence electrons. The van der Waals surface area contributed by atoms with E-state index in [9.17, 15) is 14.4 Å². The Balaban J connectivity index is 1.68. The van der Waals surface area contributed by atoms with Gasteiger partial charge in [0, 0.05) is 25.0 Å². The van der Waals surface area contributed by atoms with Crippen LogP contribution in [0.25, 0.3) is 16.7 Å². The van der Waals surface area contributed by atoms with Gasteiger partial charge in [-0.3, -0.25) is 14.2 Å². The van der Waals surface area contributed by atoms with Gasteiger partial charge in [-0.05, 0) is 50.1 Å². The Morgan fingerprint density at radius 3 is 2.47 bits per heavy atom. The van der Waals surface area contributed by atoms with Crippen LogP contribution in [0, 0.1) is 13.8 Å². The molecule has 0 spiro atoms. The quantitative estimate of drug-likeness (QED) is 0.504. The van der Waals surface area contributed by atoms with Crippen LogP contribution in [0.3, 0.4) is 0 Å². The number of hydrogen-bond donors (Lipinski definition) is 0. The third-order valence-corrected chi connectivity index (χ3v) is 6.35. The van der Waals surface area contributed by atoms with Crippen LogP contribution < -0.4 is 16.1 Å². The molecule has 7 heteroatoms. The van der Waals surface area contributed by atoms with E-state index in [1.807, 2.05) is 50.2 Å². The number of rotatable bonds is 3. The number of nitrogens with zero attached hydrogens (tertiary/aromatic N) is 4. The van der Waals surface area contributed by atoms with Crippen molar-refractivity contribution in [3.63, 3.8) is 0 Å². The zero-order chi connectivity index (χ0) is 22.6. The number of benzene rings is 2. The molecule has 1 aliphatic heterocycles. The molecule has 0 bridgehead atoms. The summed E-state index contributed by atoms with van der Waals surface area (Å²) in [5.74, 6) is -0.172. The fourth-order valence-corrected chi connectivity index (χ4v) is 4.48. The van der Waals surface area contributed by atoms with Crippen molar-refractivity contribution in [2.45, 2.75) is 26.8 Å². The van der Waals surface area contributed by atoms with Crippen molar-refractivity contribution in [3.8, 4) is 5.69 Å². The molecule has 32 heavy (non-hydrogen) atoms. The Labute approximate surface area is 184 Å². The first-order valence-electron chi connectivity index (χ1n) is 10.6. The Bertz CT molecular complexity index is 1490. The standard InChI is InChI=1S/C25H24N4O3/c1-16-8-10-19(11-9-16)29-24(31)23-21(14-17(2)26(23)3)28(25(29)32)15-22(30)27-13-12-18-6-4-5-7-20(18)27/h4-11,14H,12-13,15H2,1-3H3. The van der Waals surface area contributed by atoms with Gasteiger partial charge < -0.3 is 9.47 Å². The summed E-state index contributed by atoms with van der Waals surface area (Å²) in [6.07, 6.45) is 0.791. The molecule has 5 rings (SSSR count). The predicted octanol–water partition coefficient (Wildman–Crippen LogP) is 2.70. The van der Waals surface area contributed by atoms with Crippen molar-refractivity contribution >= 4 is 22.6 Å². The van der Waals surface area contributed by atoms with Gasteiger partial charge in [0.1, 0.15) is 12.1 Å². The number of carbonyl (C=O) groups is 1. The summed E-state index contributed by atoms with van der Waals surface area (Å²) in [5.41, 5.74) is 4.33. The number of carbonyl (C=O) groups excluding carboxylic acids is 1. The average Bonchev–Trinajstić information content (AvgIpc) is 3.34. The van der Waals surface area contributed by atoms with Crippen molar-refractivity contribution in [3.05, 3.63) is 92.3 Å². The Kier molecular flexibility index (Phi) is 4.62. The third kappa shape index (κ3) is 3.00. The van der Waals surface area contributed by atoms with Crippen molar-refractivity contribution in [2.75, 3.05) is 11.4 Å². The summed E-state index contributed by atoms with van der Waals surface area (Å²) >= 11 is 0. The number of anilines is 1. The lowest BCUT2D eigenvalue weighted by Crippen LogP contribution is -2.42. The maximum absolute atomic E-state index is 13.6. The van der Waals surface area contributed by atoms with Gasteiger partial charge >= 0.3 is 5.69 Å². The first-order valence-corrected chi connectivity index (χ1v) is 10.6. The molecule has 0 radical (unpaired) electrons. The number of aryl methyl sites for hydroxylation is 3. The second-order valence-electron chi connectivity index (χ2n) is 8.35. The molecule has 0 N–H and O–H groups in total. The summed E-state index contributed by atoms with van der Waals surface area (Å²) < 4.78 is 4.35. The van der Waals surface area contributed by atoms with Gasteiger partial charge in [0.05, 0.1) is 11.2 Å². The van der Waals surface area contributed by atoms with Gasteiger partial charge in [0.25, 0.3) is 5.56 Å². The van der Waals surface area contributed by atoms with Crippen LogP contribution in [-0.4, -0.2) is 26.2 Å². The third-order valence-electron chi connectivity index (χ3n) is 6.35. The number of amides is 1. The highest BCUT2D eigenvalue weighted by Gasteiger charge is 2.26. The summed E-state index contributed by atoms with van der Waals surface area (Å²) in [6, 6.07) is 16.8. The maximum atomic E-state index is 13.6. The SMILES string of the molecule is Cc1ccc(-n2c(=O)c3c(cc(C)n3C)n(CC(=O)N3CCc4ccccc43)c2=O)cc1. The Morgan fingerprint density at radius 1 is 1.00 bits per heavy atom. The van der Waals surface area contributed by atoms with E-state index in [-0.39, 0.29) is 18.0 Å². The molecule has 0 saturated carbocycles. The average molecular weight is 428 g/mol. The van der Waals surface area contributed by atoms with Crippen LogP contribution in [0.5, 0.6) is 0 Å². The normalized spacial score (nSPS) is 13.0. The van der Waals surface area contributed by atoms with Crippen LogP contribution in [0.15, 0.2) is 64.2 Å². The minimum Gasteiger partial charge on any atom is -0.342 e. The van der Waals surface area contributed by atoms with Crippen molar-refractivity contribution in [1.82, 2.24) is 13.7 Å². The Hall–Kier alpha value is -3.87. The lowest BCUT2D eigenvalue weighted by atomic mass is 10.2. The van der Waals surface area contributed by atoms with E-state index in [1.54, 1.807) is 34.7 Å². The highest BCUT2D eigenvalue weighted by Crippen LogP contribution is 2.27. The van der Waals surface area contributed by atoms with Gasteiger partial charge in [0.2, 0.25) is 5.91 Å².